The number of halogens is 1. The second-order valence-corrected chi connectivity index (χ2v) is 8.84. The summed E-state index contributed by atoms with van der Waals surface area (Å²) >= 11 is 0. The van der Waals surface area contributed by atoms with Gasteiger partial charge in [-0.3, -0.25) is 4.90 Å². The van der Waals surface area contributed by atoms with E-state index < -0.39 is 29.6 Å². The maximum Gasteiger partial charge on any atom is 0.412 e. The zero-order chi connectivity index (χ0) is 21.8. The van der Waals surface area contributed by atoms with Crippen LogP contribution in [0.4, 0.5) is 14.0 Å². The van der Waals surface area contributed by atoms with E-state index in [2.05, 4.69) is 6.92 Å². The highest BCUT2D eigenvalue weighted by Crippen LogP contribution is 2.29. The van der Waals surface area contributed by atoms with Gasteiger partial charge in [-0.2, -0.15) is 0 Å². The van der Waals surface area contributed by atoms with Gasteiger partial charge in [-0.1, -0.05) is 37.6 Å². The number of hydrogen-bond acceptors (Lipinski definition) is 4. The van der Waals surface area contributed by atoms with Crippen LogP contribution in [0.15, 0.2) is 24.3 Å². The van der Waals surface area contributed by atoms with Gasteiger partial charge in [-0.25, -0.2) is 14.0 Å². The Hall–Kier alpha value is -2.31. The predicted molar refractivity (Wildman–Crippen MR) is 109 cm³/mol. The van der Waals surface area contributed by atoms with Crippen LogP contribution < -0.4 is 0 Å². The summed E-state index contributed by atoms with van der Waals surface area (Å²) in [6.07, 6.45) is 0.744. The van der Waals surface area contributed by atoms with Gasteiger partial charge in [0, 0.05) is 6.54 Å². The number of rotatable bonds is 4. The van der Waals surface area contributed by atoms with E-state index in [1.807, 2.05) is 24.3 Å². The molecule has 1 aliphatic heterocycles. The van der Waals surface area contributed by atoms with Gasteiger partial charge in [0.15, 0.2) is 0 Å². The van der Waals surface area contributed by atoms with Gasteiger partial charge in [0.25, 0.3) is 0 Å². The van der Waals surface area contributed by atoms with E-state index in [1.165, 1.54) is 17.4 Å². The lowest BCUT2D eigenvalue weighted by atomic mass is 10.1. The van der Waals surface area contributed by atoms with Crippen LogP contribution in [-0.4, -0.2) is 52.5 Å². The van der Waals surface area contributed by atoms with Gasteiger partial charge in [0.2, 0.25) is 5.79 Å². The second kappa shape index (κ2) is 9.01. The molecule has 1 aromatic carbocycles. The third-order valence-electron chi connectivity index (χ3n) is 4.68. The topological polar surface area (TPSA) is 59.1 Å². The number of amides is 2. The average Bonchev–Trinajstić information content (AvgIpc) is 2.58. The summed E-state index contributed by atoms with van der Waals surface area (Å²) in [5.41, 5.74) is 1.40. The van der Waals surface area contributed by atoms with Crippen molar-refractivity contribution < 1.29 is 23.5 Å². The normalized spacial score (nSPS) is 22.4. The first-order valence-corrected chi connectivity index (χ1v) is 10.1. The van der Waals surface area contributed by atoms with Crippen molar-refractivity contribution in [1.82, 2.24) is 9.80 Å². The number of carbonyl (C=O) groups is 2. The predicted octanol–water partition coefficient (Wildman–Crippen LogP) is 4.90. The Labute approximate surface area is 172 Å². The van der Waals surface area contributed by atoms with Crippen molar-refractivity contribution >= 4 is 12.2 Å². The van der Waals surface area contributed by atoms with E-state index in [-0.39, 0.29) is 19.7 Å². The van der Waals surface area contributed by atoms with Crippen molar-refractivity contribution in [3.05, 3.63) is 35.4 Å². The van der Waals surface area contributed by atoms with E-state index in [0.717, 1.165) is 23.3 Å². The fraction of sp³-hybridized carbons (Fsp3) is 0.636. The number of hydrogen-bond donors (Lipinski definition) is 0. The van der Waals surface area contributed by atoms with Crippen molar-refractivity contribution in [3.8, 4) is 0 Å². The maximum atomic E-state index is 15.3. The number of alkyl halides is 1. The lowest BCUT2D eigenvalue weighted by Gasteiger charge is -2.46. The van der Waals surface area contributed by atoms with E-state index in [1.54, 1.807) is 27.7 Å². The molecule has 2 atom stereocenters. The first-order chi connectivity index (χ1) is 13.4. The molecule has 1 saturated heterocycles. The van der Waals surface area contributed by atoms with E-state index in [4.69, 9.17) is 9.47 Å². The van der Waals surface area contributed by atoms with Gasteiger partial charge in [-0.15, -0.1) is 0 Å². The van der Waals surface area contributed by atoms with Crippen molar-refractivity contribution in [3.63, 3.8) is 0 Å². The molecule has 0 bridgehead atoms. The fourth-order valence-corrected chi connectivity index (χ4v) is 3.49. The molecule has 6 nitrogen and oxygen atoms in total. The highest BCUT2D eigenvalue weighted by atomic mass is 19.1. The smallest absolute Gasteiger partial charge is 0.412 e. The Balaban J connectivity index is 1.98. The quantitative estimate of drug-likeness (QED) is 0.665. The molecule has 2 rings (SSSR count). The van der Waals surface area contributed by atoms with E-state index >= 15 is 4.39 Å². The van der Waals surface area contributed by atoms with Crippen LogP contribution in [-0.2, 0) is 22.5 Å². The zero-order valence-corrected chi connectivity index (χ0v) is 18.3. The zero-order valence-electron chi connectivity index (χ0n) is 18.3. The molecule has 29 heavy (non-hydrogen) atoms. The summed E-state index contributed by atoms with van der Waals surface area (Å²) in [4.78, 5) is 27.3. The maximum absolute atomic E-state index is 15.3. The lowest BCUT2D eigenvalue weighted by Crippen LogP contribution is -2.65. The number of ether oxygens (including phenoxy) is 2. The number of carbonyl (C=O) groups excluding carboxylic acids is 2. The lowest BCUT2D eigenvalue weighted by molar-refractivity contribution is -0.0963. The van der Waals surface area contributed by atoms with Gasteiger partial charge >= 0.3 is 12.2 Å². The van der Waals surface area contributed by atoms with Gasteiger partial charge in [0.1, 0.15) is 12.2 Å². The molecule has 0 N–H and O–H groups in total. The largest absolute Gasteiger partial charge is 0.444 e. The molecule has 7 heteroatoms. The number of aryl methyl sites for hydroxylation is 1. The highest BCUT2D eigenvalue weighted by Gasteiger charge is 2.47. The third kappa shape index (κ3) is 6.34. The minimum absolute atomic E-state index is 0.0698. The average molecular weight is 409 g/mol. The molecule has 1 fully saturated rings. The Morgan fingerprint density at radius 1 is 1.17 bits per heavy atom. The summed E-state index contributed by atoms with van der Waals surface area (Å²) in [5, 5.41) is 0. The Bertz CT molecular complexity index is 713. The SMILES string of the molecule is CCCc1ccc(COC(=O)N2C(C)CN(C(=O)OC(C)(C)C)CC2(C)F)cc1. The van der Waals surface area contributed by atoms with Gasteiger partial charge in [-0.05, 0) is 52.2 Å². The highest BCUT2D eigenvalue weighted by molar-refractivity contribution is 5.72. The van der Waals surface area contributed by atoms with E-state index in [0.29, 0.717) is 0 Å². The summed E-state index contributed by atoms with van der Waals surface area (Å²) in [6, 6.07) is 7.29. The van der Waals surface area contributed by atoms with Crippen molar-refractivity contribution in [2.45, 2.75) is 78.4 Å². The summed E-state index contributed by atoms with van der Waals surface area (Å²) in [6.45, 7) is 10.3. The Morgan fingerprint density at radius 3 is 2.28 bits per heavy atom. The minimum atomic E-state index is -2.06. The second-order valence-electron chi connectivity index (χ2n) is 8.84. The third-order valence-corrected chi connectivity index (χ3v) is 4.68. The number of nitrogens with zero attached hydrogens (tertiary/aromatic N) is 2. The first kappa shape index (κ1) is 23.0. The summed E-state index contributed by atoms with van der Waals surface area (Å²) in [7, 11) is 0. The van der Waals surface area contributed by atoms with Gasteiger partial charge < -0.3 is 14.4 Å². The number of piperazine rings is 1. The molecule has 1 heterocycles. The molecule has 0 saturated carbocycles. The number of benzene rings is 1. The van der Waals surface area contributed by atoms with Gasteiger partial charge in [0.05, 0.1) is 12.6 Å². The van der Waals surface area contributed by atoms with Crippen LogP contribution >= 0.6 is 0 Å². The molecular weight excluding hydrogens is 375 g/mol. The molecule has 162 valence electrons. The van der Waals surface area contributed by atoms with Crippen molar-refractivity contribution in [1.29, 1.82) is 0 Å². The van der Waals surface area contributed by atoms with Crippen LogP contribution in [0.1, 0.15) is 59.1 Å². The molecule has 2 unspecified atom stereocenters. The van der Waals surface area contributed by atoms with E-state index in [9.17, 15) is 9.59 Å². The fourth-order valence-electron chi connectivity index (χ4n) is 3.49. The molecule has 0 spiro atoms. The van der Waals surface area contributed by atoms with Crippen molar-refractivity contribution in [2.24, 2.45) is 0 Å². The van der Waals surface area contributed by atoms with Crippen LogP contribution in [0.3, 0.4) is 0 Å². The van der Waals surface area contributed by atoms with Crippen molar-refractivity contribution in [2.75, 3.05) is 13.1 Å². The van der Waals surface area contributed by atoms with Crippen LogP contribution in [0, 0.1) is 0 Å². The summed E-state index contributed by atoms with van der Waals surface area (Å²) in [5.74, 6) is -2.06. The molecule has 0 aromatic heterocycles. The molecule has 1 aliphatic rings. The minimum Gasteiger partial charge on any atom is -0.444 e. The first-order valence-electron chi connectivity index (χ1n) is 10.1. The summed E-state index contributed by atoms with van der Waals surface area (Å²) < 4.78 is 26.0. The molecular formula is C22H33FN2O4. The molecule has 2 amide bonds. The van der Waals surface area contributed by atoms with Crippen LogP contribution in [0.5, 0.6) is 0 Å². The standard InChI is InChI=1S/C22H33FN2O4/c1-7-8-17-9-11-18(12-10-17)14-28-20(27)25-16(2)13-24(15-22(25,6)23)19(26)29-21(3,4)5/h9-12,16H,7-8,13-15H2,1-6H3. The molecule has 0 aliphatic carbocycles. The molecule has 0 radical (unpaired) electrons. The van der Waals surface area contributed by atoms with Crippen LogP contribution in [0.2, 0.25) is 0 Å². The Kier molecular flexibility index (Phi) is 7.14. The van der Waals surface area contributed by atoms with Crippen LogP contribution in [0.25, 0.3) is 0 Å². The Morgan fingerprint density at radius 2 is 1.76 bits per heavy atom. The monoisotopic (exact) mass is 408 g/mol. The molecule has 1 aromatic rings.